The maximum absolute atomic E-state index is 12.5. The van der Waals surface area contributed by atoms with E-state index in [0.29, 0.717) is 12.3 Å². The fourth-order valence-electron chi connectivity index (χ4n) is 2.94. The summed E-state index contributed by atoms with van der Waals surface area (Å²) in [5.74, 6) is -0.241. The van der Waals surface area contributed by atoms with E-state index in [4.69, 9.17) is 4.74 Å². The first kappa shape index (κ1) is 16.2. The van der Waals surface area contributed by atoms with E-state index in [-0.39, 0.29) is 18.3 Å². The van der Waals surface area contributed by atoms with Crippen LogP contribution in [0.4, 0.5) is 5.69 Å². The Kier molecular flexibility index (Phi) is 4.38. The van der Waals surface area contributed by atoms with Crippen LogP contribution in [-0.2, 0) is 9.59 Å². The SMILES string of the molecule is Cc1cccc(N2C[C@@H](C(=O)Oc3cccc(C)c3C)CC2=O)c1. The van der Waals surface area contributed by atoms with E-state index < -0.39 is 5.92 Å². The first-order valence-electron chi connectivity index (χ1n) is 8.10. The average molecular weight is 323 g/mol. The minimum Gasteiger partial charge on any atom is -0.426 e. The van der Waals surface area contributed by atoms with E-state index in [2.05, 4.69) is 0 Å². The summed E-state index contributed by atoms with van der Waals surface area (Å²) in [6.07, 6.45) is 0.192. The van der Waals surface area contributed by atoms with Crippen LogP contribution >= 0.6 is 0 Å². The molecule has 0 spiro atoms. The molecule has 2 aromatic rings. The van der Waals surface area contributed by atoms with Gasteiger partial charge in [0.1, 0.15) is 5.75 Å². The lowest BCUT2D eigenvalue weighted by Gasteiger charge is -2.17. The number of aryl methyl sites for hydroxylation is 2. The number of ether oxygens (including phenoxy) is 1. The number of rotatable bonds is 3. The third-order valence-electron chi connectivity index (χ3n) is 4.54. The molecule has 1 aliphatic rings. The summed E-state index contributed by atoms with van der Waals surface area (Å²) in [6.45, 7) is 6.25. The summed E-state index contributed by atoms with van der Waals surface area (Å²) in [4.78, 5) is 26.4. The number of hydrogen-bond donors (Lipinski definition) is 0. The molecule has 1 saturated heterocycles. The van der Waals surface area contributed by atoms with Crippen LogP contribution in [0.15, 0.2) is 42.5 Å². The van der Waals surface area contributed by atoms with Crippen molar-refractivity contribution in [3.63, 3.8) is 0 Å². The van der Waals surface area contributed by atoms with Crippen LogP contribution < -0.4 is 9.64 Å². The summed E-state index contributed by atoms with van der Waals surface area (Å²) in [5.41, 5.74) is 3.94. The lowest BCUT2D eigenvalue weighted by atomic mass is 10.1. The highest BCUT2D eigenvalue weighted by Crippen LogP contribution is 2.28. The third-order valence-corrected chi connectivity index (χ3v) is 4.54. The zero-order chi connectivity index (χ0) is 17.3. The van der Waals surface area contributed by atoms with E-state index in [1.165, 1.54) is 0 Å². The van der Waals surface area contributed by atoms with Crippen molar-refractivity contribution in [3.8, 4) is 5.75 Å². The molecule has 0 aliphatic carbocycles. The average Bonchev–Trinajstić information content (AvgIpc) is 2.94. The molecule has 1 aliphatic heterocycles. The Balaban J connectivity index is 1.73. The summed E-state index contributed by atoms with van der Waals surface area (Å²) < 4.78 is 5.55. The van der Waals surface area contributed by atoms with Gasteiger partial charge in [-0.1, -0.05) is 24.3 Å². The number of hydrogen-bond acceptors (Lipinski definition) is 3. The van der Waals surface area contributed by atoms with Crippen molar-refractivity contribution in [1.29, 1.82) is 0 Å². The predicted octanol–water partition coefficient (Wildman–Crippen LogP) is 3.57. The Morgan fingerprint density at radius 1 is 1.12 bits per heavy atom. The maximum atomic E-state index is 12.5. The van der Waals surface area contributed by atoms with Gasteiger partial charge in [0, 0.05) is 18.7 Å². The molecular formula is C20H21NO3. The molecule has 24 heavy (non-hydrogen) atoms. The van der Waals surface area contributed by atoms with Crippen molar-refractivity contribution >= 4 is 17.6 Å². The Bertz CT molecular complexity index is 797. The van der Waals surface area contributed by atoms with Gasteiger partial charge < -0.3 is 9.64 Å². The second kappa shape index (κ2) is 6.48. The zero-order valence-corrected chi connectivity index (χ0v) is 14.2. The van der Waals surface area contributed by atoms with E-state index in [1.54, 1.807) is 11.0 Å². The molecule has 1 amide bonds. The van der Waals surface area contributed by atoms with Crippen LogP contribution in [0.3, 0.4) is 0 Å². The van der Waals surface area contributed by atoms with Crippen molar-refractivity contribution in [2.75, 3.05) is 11.4 Å². The van der Waals surface area contributed by atoms with E-state index >= 15 is 0 Å². The Morgan fingerprint density at radius 2 is 1.88 bits per heavy atom. The molecule has 0 saturated carbocycles. The predicted molar refractivity (Wildman–Crippen MR) is 93.2 cm³/mol. The third kappa shape index (κ3) is 3.18. The quantitative estimate of drug-likeness (QED) is 0.641. The molecule has 1 fully saturated rings. The Morgan fingerprint density at radius 3 is 2.62 bits per heavy atom. The molecule has 0 aromatic heterocycles. The van der Waals surface area contributed by atoms with Crippen LogP contribution in [0.2, 0.25) is 0 Å². The van der Waals surface area contributed by atoms with Crippen LogP contribution in [0.1, 0.15) is 23.1 Å². The summed E-state index contributed by atoms with van der Waals surface area (Å²) in [7, 11) is 0. The van der Waals surface area contributed by atoms with Crippen molar-refractivity contribution < 1.29 is 14.3 Å². The van der Waals surface area contributed by atoms with Gasteiger partial charge in [-0.25, -0.2) is 0 Å². The number of carbonyl (C=O) groups is 2. The molecular weight excluding hydrogens is 302 g/mol. The number of anilines is 1. The van der Waals surface area contributed by atoms with Crippen LogP contribution in [0.5, 0.6) is 5.75 Å². The standard InChI is InChI=1S/C20H21NO3/c1-13-6-4-8-17(10-13)21-12-16(11-19(21)22)20(23)24-18-9-5-7-14(2)15(18)3/h4-10,16H,11-12H2,1-3H3/t16-/m0/s1. The van der Waals surface area contributed by atoms with Gasteiger partial charge in [-0.15, -0.1) is 0 Å². The second-order valence-corrected chi connectivity index (χ2v) is 6.36. The summed E-state index contributed by atoms with van der Waals surface area (Å²) >= 11 is 0. The van der Waals surface area contributed by atoms with E-state index in [1.807, 2.05) is 57.2 Å². The van der Waals surface area contributed by atoms with Crippen molar-refractivity contribution in [1.82, 2.24) is 0 Å². The first-order chi connectivity index (χ1) is 11.5. The highest BCUT2D eigenvalue weighted by molar-refractivity contribution is 5.99. The Hall–Kier alpha value is -2.62. The van der Waals surface area contributed by atoms with Crippen LogP contribution in [0, 0.1) is 26.7 Å². The van der Waals surface area contributed by atoms with E-state index in [9.17, 15) is 9.59 Å². The molecule has 1 heterocycles. The molecule has 124 valence electrons. The Labute approximate surface area is 142 Å². The second-order valence-electron chi connectivity index (χ2n) is 6.36. The molecule has 0 N–H and O–H groups in total. The number of carbonyl (C=O) groups excluding carboxylic acids is 2. The van der Waals surface area contributed by atoms with Gasteiger partial charge in [0.25, 0.3) is 0 Å². The van der Waals surface area contributed by atoms with E-state index in [0.717, 1.165) is 22.4 Å². The number of nitrogens with zero attached hydrogens (tertiary/aromatic N) is 1. The van der Waals surface area contributed by atoms with Crippen molar-refractivity contribution in [3.05, 3.63) is 59.2 Å². The lowest BCUT2D eigenvalue weighted by molar-refractivity contribution is -0.139. The highest BCUT2D eigenvalue weighted by atomic mass is 16.5. The number of amides is 1. The molecule has 4 heteroatoms. The maximum Gasteiger partial charge on any atom is 0.316 e. The van der Waals surface area contributed by atoms with Gasteiger partial charge in [-0.2, -0.15) is 0 Å². The molecule has 0 unspecified atom stereocenters. The molecule has 2 aromatic carbocycles. The zero-order valence-electron chi connectivity index (χ0n) is 14.2. The molecule has 0 radical (unpaired) electrons. The van der Waals surface area contributed by atoms with Gasteiger partial charge in [-0.05, 0) is 55.7 Å². The van der Waals surface area contributed by atoms with Crippen molar-refractivity contribution in [2.45, 2.75) is 27.2 Å². The van der Waals surface area contributed by atoms with Crippen LogP contribution in [0.25, 0.3) is 0 Å². The molecule has 3 rings (SSSR count). The minimum atomic E-state index is -0.432. The van der Waals surface area contributed by atoms with Gasteiger partial charge in [0.15, 0.2) is 0 Å². The fourth-order valence-corrected chi connectivity index (χ4v) is 2.94. The number of benzene rings is 2. The van der Waals surface area contributed by atoms with Gasteiger partial charge in [0.2, 0.25) is 5.91 Å². The largest absolute Gasteiger partial charge is 0.426 e. The number of esters is 1. The lowest BCUT2D eigenvalue weighted by Crippen LogP contribution is -2.27. The molecule has 4 nitrogen and oxygen atoms in total. The monoisotopic (exact) mass is 323 g/mol. The smallest absolute Gasteiger partial charge is 0.316 e. The summed E-state index contributed by atoms with van der Waals surface area (Å²) in [5, 5.41) is 0. The summed E-state index contributed by atoms with van der Waals surface area (Å²) in [6, 6.07) is 13.4. The topological polar surface area (TPSA) is 46.6 Å². The first-order valence-corrected chi connectivity index (χ1v) is 8.10. The molecule has 0 bridgehead atoms. The van der Waals surface area contributed by atoms with Gasteiger partial charge in [-0.3, -0.25) is 9.59 Å². The highest BCUT2D eigenvalue weighted by Gasteiger charge is 2.36. The molecule has 1 atom stereocenters. The minimum absolute atomic E-state index is 0.0384. The van der Waals surface area contributed by atoms with Crippen LogP contribution in [-0.4, -0.2) is 18.4 Å². The fraction of sp³-hybridized carbons (Fsp3) is 0.300. The van der Waals surface area contributed by atoms with Gasteiger partial charge in [0.05, 0.1) is 5.92 Å². The van der Waals surface area contributed by atoms with Gasteiger partial charge >= 0.3 is 5.97 Å². The van der Waals surface area contributed by atoms with Crippen molar-refractivity contribution in [2.24, 2.45) is 5.92 Å². The normalized spacial score (nSPS) is 17.2.